The van der Waals surface area contributed by atoms with E-state index in [0.29, 0.717) is 12.2 Å². The van der Waals surface area contributed by atoms with E-state index in [1.54, 1.807) is 18.2 Å². The van der Waals surface area contributed by atoms with Gasteiger partial charge in [0, 0.05) is 9.13 Å². The van der Waals surface area contributed by atoms with Crippen LogP contribution in [0, 0.1) is 3.57 Å². The van der Waals surface area contributed by atoms with Crippen molar-refractivity contribution < 1.29 is 14.6 Å². The Hall–Kier alpha value is -1.04. The van der Waals surface area contributed by atoms with Gasteiger partial charge >= 0.3 is 5.97 Å². The van der Waals surface area contributed by atoms with E-state index in [2.05, 4.69) is 29.2 Å². The molecule has 0 aliphatic rings. The van der Waals surface area contributed by atoms with Crippen LogP contribution in [0.3, 0.4) is 0 Å². The van der Waals surface area contributed by atoms with Crippen LogP contribution in [0.2, 0.25) is 0 Å². The third kappa shape index (κ3) is 2.95. The number of carboxylic acid groups (broad SMARTS) is 1. The summed E-state index contributed by atoms with van der Waals surface area (Å²) in [4.78, 5) is 10.7. The largest absolute Gasteiger partial charge is 0.494 e. The van der Waals surface area contributed by atoms with Gasteiger partial charge in [0.25, 0.3) is 0 Å². The van der Waals surface area contributed by atoms with E-state index in [1.807, 2.05) is 6.92 Å². The quantitative estimate of drug-likeness (QED) is 0.686. The standard InChI is InChI=1S/C11H11IO3/c1-3-15-8-4-5-9(10(12)6-8)7(2)11(13)14/h4-6H,2-3H2,1H3,(H,13,14). The average Bonchev–Trinajstić information content (AvgIpc) is 2.17. The first-order valence-electron chi connectivity index (χ1n) is 4.41. The Labute approximate surface area is 102 Å². The summed E-state index contributed by atoms with van der Waals surface area (Å²) in [6.07, 6.45) is 0. The molecule has 0 aliphatic carbocycles. The van der Waals surface area contributed by atoms with Crippen molar-refractivity contribution in [2.45, 2.75) is 6.92 Å². The Morgan fingerprint density at radius 3 is 2.73 bits per heavy atom. The molecule has 1 N–H and O–H groups in total. The summed E-state index contributed by atoms with van der Waals surface area (Å²) in [5, 5.41) is 8.80. The molecule has 0 heterocycles. The van der Waals surface area contributed by atoms with Gasteiger partial charge in [-0.1, -0.05) is 6.58 Å². The molecule has 0 bridgehead atoms. The lowest BCUT2D eigenvalue weighted by Crippen LogP contribution is -2.00. The first-order chi connectivity index (χ1) is 7.06. The zero-order valence-electron chi connectivity index (χ0n) is 8.29. The molecule has 1 rings (SSSR count). The van der Waals surface area contributed by atoms with Crippen LogP contribution in [0.15, 0.2) is 24.8 Å². The number of carboxylic acids is 1. The van der Waals surface area contributed by atoms with Gasteiger partial charge < -0.3 is 9.84 Å². The highest BCUT2D eigenvalue weighted by atomic mass is 127. The van der Waals surface area contributed by atoms with Gasteiger partial charge in [0.05, 0.1) is 12.2 Å². The van der Waals surface area contributed by atoms with Gasteiger partial charge in [-0.2, -0.15) is 0 Å². The molecule has 0 aromatic heterocycles. The lowest BCUT2D eigenvalue weighted by Gasteiger charge is -2.07. The third-order valence-corrected chi connectivity index (χ3v) is 2.73. The molecule has 0 aliphatic heterocycles. The average molecular weight is 318 g/mol. The number of hydrogen-bond acceptors (Lipinski definition) is 2. The minimum absolute atomic E-state index is 0.0995. The van der Waals surface area contributed by atoms with E-state index in [-0.39, 0.29) is 5.57 Å². The van der Waals surface area contributed by atoms with Crippen LogP contribution in [0.1, 0.15) is 12.5 Å². The Balaban J connectivity index is 3.03. The van der Waals surface area contributed by atoms with Crippen molar-refractivity contribution in [1.82, 2.24) is 0 Å². The first-order valence-corrected chi connectivity index (χ1v) is 5.49. The highest BCUT2D eigenvalue weighted by molar-refractivity contribution is 14.1. The SMILES string of the molecule is C=C(C(=O)O)c1ccc(OCC)cc1I. The topological polar surface area (TPSA) is 46.5 Å². The predicted molar refractivity (Wildman–Crippen MR) is 67.0 cm³/mol. The van der Waals surface area contributed by atoms with E-state index in [1.165, 1.54) is 0 Å². The molecule has 0 saturated carbocycles. The van der Waals surface area contributed by atoms with Gasteiger partial charge in [-0.3, -0.25) is 0 Å². The second-order valence-corrected chi connectivity index (χ2v) is 4.02. The summed E-state index contributed by atoms with van der Waals surface area (Å²) in [5.41, 5.74) is 0.731. The van der Waals surface area contributed by atoms with Crippen LogP contribution in [0.4, 0.5) is 0 Å². The second kappa shape index (κ2) is 5.16. The van der Waals surface area contributed by atoms with Gasteiger partial charge in [0.2, 0.25) is 0 Å². The van der Waals surface area contributed by atoms with Crippen molar-refractivity contribution in [1.29, 1.82) is 0 Å². The van der Waals surface area contributed by atoms with Crippen LogP contribution in [0.25, 0.3) is 5.57 Å². The maximum atomic E-state index is 10.7. The van der Waals surface area contributed by atoms with E-state index in [9.17, 15) is 4.79 Å². The molecule has 15 heavy (non-hydrogen) atoms. The van der Waals surface area contributed by atoms with E-state index >= 15 is 0 Å². The zero-order chi connectivity index (χ0) is 11.4. The lowest BCUT2D eigenvalue weighted by atomic mass is 10.1. The fourth-order valence-corrected chi connectivity index (χ4v) is 1.92. The highest BCUT2D eigenvalue weighted by Gasteiger charge is 2.11. The number of rotatable bonds is 4. The minimum atomic E-state index is -1.00. The number of benzene rings is 1. The van der Waals surface area contributed by atoms with Crippen LogP contribution >= 0.6 is 22.6 Å². The number of carbonyl (C=O) groups is 1. The summed E-state index contributed by atoms with van der Waals surface area (Å²) in [7, 11) is 0. The highest BCUT2D eigenvalue weighted by Crippen LogP contribution is 2.24. The molecule has 3 nitrogen and oxygen atoms in total. The normalized spacial score (nSPS) is 9.73. The van der Waals surface area contributed by atoms with Crippen molar-refractivity contribution >= 4 is 34.1 Å². The van der Waals surface area contributed by atoms with Crippen LogP contribution in [0.5, 0.6) is 5.75 Å². The number of halogens is 1. The Morgan fingerprint density at radius 1 is 1.60 bits per heavy atom. The molecule has 0 saturated heterocycles. The molecule has 0 amide bonds. The molecule has 0 radical (unpaired) electrons. The number of ether oxygens (including phenoxy) is 1. The fourth-order valence-electron chi connectivity index (χ4n) is 1.11. The lowest BCUT2D eigenvalue weighted by molar-refractivity contribution is -0.130. The van der Waals surface area contributed by atoms with Gasteiger partial charge in [-0.05, 0) is 47.7 Å². The second-order valence-electron chi connectivity index (χ2n) is 2.86. The van der Waals surface area contributed by atoms with Crippen molar-refractivity contribution in [3.05, 3.63) is 33.9 Å². The number of aliphatic carboxylic acids is 1. The monoisotopic (exact) mass is 318 g/mol. The van der Waals surface area contributed by atoms with Crippen LogP contribution in [-0.4, -0.2) is 17.7 Å². The smallest absolute Gasteiger partial charge is 0.335 e. The molecule has 4 heteroatoms. The Bertz CT molecular complexity index is 399. The molecule has 1 aromatic carbocycles. The van der Waals surface area contributed by atoms with Crippen LogP contribution < -0.4 is 4.74 Å². The first kappa shape index (κ1) is 12.0. The van der Waals surface area contributed by atoms with Crippen LogP contribution in [-0.2, 0) is 4.79 Å². The summed E-state index contributed by atoms with van der Waals surface area (Å²) < 4.78 is 6.12. The molecule has 0 unspecified atom stereocenters. The van der Waals surface area contributed by atoms with Gasteiger partial charge in [0.15, 0.2) is 0 Å². The maximum Gasteiger partial charge on any atom is 0.335 e. The molecule has 0 spiro atoms. The van der Waals surface area contributed by atoms with Crippen molar-refractivity contribution in [2.75, 3.05) is 6.61 Å². The summed E-state index contributed by atoms with van der Waals surface area (Å²) >= 11 is 2.07. The van der Waals surface area contributed by atoms with Gasteiger partial charge in [-0.15, -0.1) is 0 Å². The molecule has 0 atom stereocenters. The third-order valence-electron chi connectivity index (χ3n) is 1.83. The summed E-state index contributed by atoms with van der Waals surface area (Å²) in [6, 6.07) is 5.26. The minimum Gasteiger partial charge on any atom is -0.494 e. The Morgan fingerprint density at radius 2 is 2.27 bits per heavy atom. The van der Waals surface area contributed by atoms with E-state index in [4.69, 9.17) is 9.84 Å². The van der Waals surface area contributed by atoms with Gasteiger partial charge in [-0.25, -0.2) is 4.79 Å². The van der Waals surface area contributed by atoms with E-state index < -0.39 is 5.97 Å². The Kier molecular flexibility index (Phi) is 4.14. The summed E-state index contributed by atoms with van der Waals surface area (Å²) in [5.74, 6) is -0.263. The van der Waals surface area contributed by atoms with Crippen molar-refractivity contribution in [2.24, 2.45) is 0 Å². The maximum absolute atomic E-state index is 10.7. The predicted octanol–water partition coefficient (Wildman–Crippen LogP) is 2.79. The molecule has 1 aromatic rings. The molecular formula is C11H11IO3. The number of hydrogen-bond donors (Lipinski definition) is 1. The molecule has 80 valence electrons. The fraction of sp³-hybridized carbons (Fsp3) is 0.182. The van der Waals surface area contributed by atoms with Crippen molar-refractivity contribution in [3.8, 4) is 5.75 Å². The molecule has 0 fully saturated rings. The van der Waals surface area contributed by atoms with E-state index in [0.717, 1.165) is 9.32 Å². The zero-order valence-corrected chi connectivity index (χ0v) is 10.4. The van der Waals surface area contributed by atoms with Crippen molar-refractivity contribution in [3.63, 3.8) is 0 Å². The van der Waals surface area contributed by atoms with Gasteiger partial charge in [0.1, 0.15) is 5.75 Å². The molecular weight excluding hydrogens is 307 g/mol. The summed E-state index contributed by atoms with van der Waals surface area (Å²) in [6.45, 7) is 6.01.